The second kappa shape index (κ2) is 7.36. The van der Waals surface area contributed by atoms with Crippen molar-refractivity contribution >= 4 is 40.5 Å². The summed E-state index contributed by atoms with van der Waals surface area (Å²) in [4.78, 5) is 18.4. The van der Waals surface area contributed by atoms with Gasteiger partial charge in [0.25, 0.3) is 5.91 Å². The van der Waals surface area contributed by atoms with Crippen molar-refractivity contribution in [2.45, 2.75) is 19.3 Å². The zero-order chi connectivity index (χ0) is 17.1. The van der Waals surface area contributed by atoms with Crippen molar-refractivity contribution in [2.75, 3.05) is 23.3 Å². The molecule has 2 heterocycles. The van der Waals surface area contributed by atoms with Gasteiger partial charge in [-0.2, -0.15) is 0 Å². The van der Waals surface area contributed by atoms with Crippen LogP contribution in [0.25, 0.3) is 0 Å². The van der Waals surface area contributed by atoms with E-state index in [1.807, 2.05) is 0 Å². The molecule has 0 atom stereocenters. The van der Waals surface area contributed by atoms with E-state index in [4.69, 9.17) is 23.2 Å². The number of hydrogen-bond donors (Lipinski definition) is 1. The normalized spacial score (nSPS) is 14.5. The van der Waals surface area contributed by atoms with E-state index in [2.05, 4.69) is 15.2 Å². The maximum absolute atomic E-state index is 13.7. The van der Waals surface area contributed by atoms with Crippen LogP contribution in [0.15, 0.2) is 30.5 Å². The zero-order valence-corrected chi connectivity index (χ0v) is 14.4. The molecule has 1 aliphatic rings. The number of pyridine rings is 1. The largest absolute Gasteiger partial charge is 0.370 e. The predicted octanol–water partition coefficient (Wildman–Crippen LogP) is 4.77. The van der Waals surface area contributed by atoms with Gasteiger partial charge in [0, 0.05) is 19.3 Å². The number of halogens is 3. The van der Waals surface area contributed by atoms with Gasteiger partial charge in [-0.15, -0.1) is 0 Å². The Morgan fingerprint density at radius 2 is 1.92 bits per heavy atom. The number of nitrogens with one attached hydrogen (secondary N) is 1. The van der Waals surface area contributed by atoms with Crippen LogP contribution >= 0.6 is 23.2 Å². The third-order valence-corrected chi connectivity index (χ3v) is 4.65. The van der Waals surface area contributed by atoms with Gasteiger partial charge in [-0.25, -0.2) is 9.37 Å². The van der Waals surface area contributed by atoms with E-state index in [-0.39, 0.29) is 15.7 Å². The van der Waals surface area contributed by atoms with Crippen LogP contribution in [-0.2, 0) is 0 Å². The highest BCUT2D eigenvalue weighted by Gasteiger charge is 2.17. The minimum Gasteiger partial charge on any atom is -0.370 e. The van der Waals surface area contributed by atoms with Crippen molar-refractivity contribution < 1.29 is 9.18 Å². The number of aromatic nitrogens is 1. The number of piperidine rings is 1. The molecule has 0 spiro atoms. The van der Waals surface area contributed by atoms with Gasteiger partial charge < -0.3 is 10.2 Å². The second-order valence-corrected chi connectivity index (χ2v) is 6.43. The quantitative estimate of drug-likeness (QED) is 0.794. The summed E-state index contributed by atoms with van der Waals surface area (Å²) in [5.41, 5.74) is 1.52. The Kier molecular flexibility index (Phi) is 5.21. The van der Waals surface area contributed by atoms with Crippen LogP contribution < -0.4 is 10.2 Å². The average Bonchev–Trinajstić information content (AvgIpc) is 2.58. The molecule has 0 unspecified atom stereocenters. The van der Waals surface area contributed by atoms with Crippen molar-refractivity contribution in [3.8, 4) is 0 Å². The summed E-state index contributed by atoms with van der Waals surface area (Å²) in [5, 5.41) is 3.08. The first-order valence-corrected chi connectivity index (χ1v) is 8.47. The summed E-state index contributed by atoms with van der Waals surface area (Å²) >= 11 is 11.7. The lowest BCUT2D eigenvalue weighted by molar-refractivity contribution is 0.102. The van der Waals surface area contributed by atoms with E-state index in [0.717, 1.165) is 31.6 Å². The van der Waals surface area contributed by atoms with Crippen LogP contribution in [0.3, 0.4) is 0 Å². The minimum absolute atomic E-state index is 0.132. The summed E-state index contributed by atoms with van der Waals surface area (Å²) in [6.45, 7) is 1.78. The number of rotatable bonds is 3. The fraction of sp³-hybridized carbons (Fsp3) is 0.294. The predicted molar refractivity (Wildman–Crippen MR) is 94.7 cm³/mol. The highest BCUT2D eigenvalue weighted by Crippen LogP contribution is 2.30. The summed E-state index contributed by atoms with van der Waals surface area (Å²) in [7, 11) is 0. The molecule has 1 N–H and O–H groups in total. The molecule has 126 valence electrons. The van der Waals surface area contributed by atoms with Gasteiger partial charge >= 0.3 is 0 Å². The Bertz CT molecular complexity index is 763. The van der Waals surface area contributed by atoms with E-state index >= 15 is 0 Å². The van der Waals surface area contributed by atoms with Crippen LogP contribution in [0, 0.1) is 5.82 Å². The molecule has 0 aliphatic carbocycles. The molecule has 1 saturated heterocycles. The van der Waals surface area contributed by atoms with E-state index in [9.17, 15) is 9.18 Å². The van der Waals surface area contributed by atoms with Crippen LogP contribution in [-0.4, -0.2) is 24.0 Å². The van der Waals surface area contributed by atoms with Gasteiger partial charge in [0.15, 0.2) is 0 Å². The number of carbonyl (C=O) groups excluding carboxylic acids is 1. The Labute approximate surface area is 149 Å². The molecule has 1 amide bonds. The molecule has 7 heteroatoms. The molecule has 0 saturated carbocycles. The number of nitrogens with zero attached hydrogens (tertiary/aromatic N) is 2. The SMILES string of the molecule is O=C(Nc1cc(F)ccc1N1CCCCC1)c1cnc(Cl)c(Cl)c1. The first-order valence-electron chi connectivity index (χ1n) is 7.71. The van der Waals surface area contributed by atoms with Crippen molar-refractivity contribution in [3.05, 3.63) is 52.0 Å². The molecule has 2 aromatic rings. The molecule has 1 aromatic carbocycles. The third-order valence-electron chi connectivity index (χ3n) is 3.96. The van der Waals surface area contributed by atoms with Crippen molar-refractivity contribution in [1.82, 2.24) is 4.98 Å². The number of anilines is 2. The Hall–Kier alpha value is -1.85. The van der Waals surface area contributed by atoms with Gasteiger partial charge in [0.05, 0.1) is 22.0 Å². The van der Waals surface area contributed by atoms with Gasteiger partial charge in [-0.1, -0.05) is 23.2 Å². The molecular formula is C17H16Cl2FN3O. The monoisotopic (exact) mass is 367 g/mol. The topological polar surface area (TPSA) is 45.2 Å². The molecule has 0 radical (unpaired) electrons. The summed E-state index contributed by atoms with van der Waals surface area (Å²) in [5.74, 6) is -0.816. The van der Waals surface area contributed by atoms with Crippen LogP contribution in [0.2, 0.25) is 10.2 Å². The minimum atomic E-state index is -0.412. The lowest BCUT2D eigenvalue weighted by Crippen LogP contribution is -2.30. The summed E-state index contributed by atoms with van der Waals surface area (Å²) in [6.07, 6.45) is 4.70. The van der Waals surface area contributed by atoms with Crippen LogP contribution in [0.1, 0.15) is 29.6 Å². The fourth-order valence-corrected chi connectivity index (χ4v) is 3.03. The average molecular weight is 368 g/mol. The first kappa shape index (κ1) is 17.0. The number of amides is 1. The van der Waals surface area contributed by atoms with Crippen LogP contribution in [0.5, 0.6) is 0 Å². The van der Waals surface area contributed by atoms with Crippen molar-refractivity contribution in [1.29, 1.82) is 0 Å². The smallest absolute Gasteiger partial charge is 0.257 e. The Balaban J connectivity index is 1.86. The second-order valence-electron chi connectivity index (χ2n) is 5.66. The van der Waals surface area contributed by atoms with E-state index < -0.39 is 11.7 Å². The lowest BCUT2D eigenvalue weighted by atomic mass is 10.1. The highest BCUT2D eigenvalue weighted by molar-refractivity contribution is 6.41. The molecule has 4 nitrogen and oxygen atoms in total. The standard InChI is InChI=1S/C17H16Cl2FN3O/c18-13-8-11(10-21-16(13)19)17(24)22-14-9-12(20)4-5-15(14)23-6-2-1-3-7-23/h4-5,8-10H,1-3,6-7H2,(H,22,24). The number of benzene rings is 1. The summed E-state index contributed by atoms with van der Waals surface area (Å²) < 4.78 is 13.7. The molecule has 0 bridgehead atoms. The van der Waals surface area contributed by atoms with E-state index in [1.54, 1.807) is 6.07 Å². The van der Waals surface area contributed by atoms with Gasteiger partial charge in [-0.05, 0) is 43.5 Å². The zero-order valence-electron chi connectivity index (χ0n) is 12.9. The maximum Gasteiger partial charge on any atom is 0.257 e. The van der Waals surface area contributed by atoms with Gasteiger partial charge in [0.1, 0.15) is 11.0 Å². The maximum atomic E-state index is 13.7. The molecule has 24 heavy (non-hydrogen) atoms. The first-order chi connectivity index (χ1) is 11.5. The summed E-state index contributed by atoms with van der Waals surface area (Å²) in [6, 6.07) is 5.86. The molecule has 3 rings (SSSR count). The number of carbonyl (C=O) groups is 1. The Morgan fingerprint density at radius 1 is 1.17 bits per heavy atom. The molecular weight excluding hydrogens is 352 g/mol. The van der Waals surface area contributed by atoms with Crippen molar-refractivity contribution in [2.24, 2.45) is 0 Å². The Morgan fingerprint density at radius 3 is 2.62 bits per heavy atom. The molecule has 1 aliphatic heterocycles. The van der Waals surface area contributed by atoms with Crippen molar-refractivity contribution in [3.63, 3.8) is 0 Å². The van der Waals surface area contributed by atoms with Gasteiger partial charge in [0.2, 0.25) is 0 Å². The lowest BCUT2D eigenvalue weighted by Gasteiger charge is -2.30. The fourth-order valence-electron chi connectivity index (χ4n) is 2.76. The molecule has 1 aromatic heterocycles. The van der Waals surface area contributed by atoms with E-state index in [1.165, 1.54) is 30.8 Å². The van der Waals surface area contributed by atoms with E-state index in [0.29, 0.717) is 5.69 Å². The van der Waals surface area contributed by atoms with Gasteiger partial charge in [-0.3, -0.25) is 4.79 Å². The highest BCUT2D eigenvalue weighted by atomic mass is 35.5. The number of hydrogen-bond acceptors (Lipinski definition) is 3. The van der Waals surface area contributed by atoms with Crippen LogP contribution in [0.4, 0.5) is 15.8 Å². The molecule has 1 fully saturated rings. The third kappa shape index (κ3) is 3.79.